The summed E-state index contributed by atoms with van der Waals surface area (Å²) in [6, 6.07) is 12.3. The molecule has 0 unspecified atom stereocenters. The van der Waals surface area contributed by atoms with Gasteiger partial charge in [-0.25, -0.2) is 0 Å². The van der Waals surface area contributed by atoms with Crippen LogP contribution in [0.1, 0.15) is 23.2 Å². The van der Waals surface area contributed by atoms with Gasteiger partial charge in [0.05, 0.1) is 12.3 Å². The molecular formula is C15H17N3O. The zero-order chi connectivity index (χ0) is 13.1. The summed E-state index contributed by atoms with van der Waals surface area (Å²) in [7, 11) is 0. The predicted molar refractivity (Wildman–Crippen MR) is 73.8 cm³/mol. The van der Waals surface area contributed by atoms with Gasteiger partial charge in [-0.1, -0.05) is 24.3 Å². The molecule has 0 saturated carbocycles. The third-order valence-corrected chi connectivity index (χ3v) is 3.55. The van der Waals surface area contributed by atoms with E-state index in [0.717, 1.165) is 31.7 Å². The Kier molecular flexibility index (Phi) is 3.42. The van der Waals surface area contributed by atoms with E-state index >= 15 is 0 Å². The predicted octanol–water partition coefficient (Wildman–Crippen LogP) is 1.92. The molecule has 1 aromatic heterocycles. The average molecular weight is 255 g/mol. The third kappa shape index (κ3) is 2.58. The Morgan fingerprint density at radius 3 is 2.63 bits per heavy atom. The number of benzene rings is 1. The Hall–Kier alpha value is -1.94. The lowest BCUT2D eigenvalue weighted by Gasteiger charge is -2.21. The normalized spacial score (nSPS) is 14.9. The van der Waals surface area contributed by atoms with Crippen molar-refractivity contribution >= 4 is 5.82 Å². The molecule has 3 rings (SSSR count). The second-order valence-electron chi connectivity index (χ2n) is 4.83. The largest absolute Gasteiger partial charge is 0.390 e. The van der Waals surface area contributed by atoms with E-state index in [1.165, 1.54) is 11.1 Å². The molecule has 0 aliphatic carbocycles. The fourth-order valence-corrected chi connectivity index (χ4v) is 2.50. The lowest BCUT2D eigenvalue weighted by molar-refractivity contribution is 0.275. The van der Waals surface area contributed by atoms with E-state index in [4.69, 9.17) is 5.11 Å². The summed E-state index contributed by atoms with van der Waals surface area (Å²) in [5.74, 6) is 0.883. The first kappa shape index (κ1) is 12.1. The SMILES string of the molecule is OCc1ccc(N2CCCc3ccccc3C2)nn1. The van der Waals surface area contributed by atoms with Crippen LogP contribution in [0.15, 0.2) is 36.4 Å². The maximum Gasteiger partial charge on any atom is 0.151 e. The van der Waals surface area contributed by atoms with E-state index in [1.807, 2.05) is 12.1 Å². The molecule has 19 heavy (non-hydrogen) atoms. The first-order chi connectivity index (χ1) is 9.36. The molecule has 1 aliphatic heterocycles. The first-order valence-corrected chi connectivity index (χ1v) is 6.62. The van der Waals surface area contributed by atoms with Gasteiger partial charge < -0.3 is 10.0 Å². The molecule has 0 fully saturated rings. The molecule has 4 nitrogen and oxygen atoms in total. The fraction of sp³-hybridized carbons (Fsp3) is 0.333. The van der Waals surface area contributed by atoms with Crippen LogP contribution < -0.4 is 4.90 Å². The van der Waals surface area contributed by atoms with Gasteiger partial charge in [-0.05, 0) is 36.1 Å². The lowest BCUT2D eigenvalue weighted by atomic mass is 10.0. The van der Waals surface area contributed by atoms with Crippen LogP contribution in [0.2, 0.25) is 0 Å². The van der Waals surface area contributed by atoms with Crippen molar-refractivity contribution in [2.75, 3.05) is 11.4 Å². The summed E-state index contributed by atoms with van der Waals surface area (Å²) < 4.78 is 0. The van der Waals surface area contributed by atoms with E-state index in [2.05, 4.69) is 39.4 Å². The van der Waals surface area contributed by atoms with Crippen molar-refractivity contribution < 1.29 is 5.11 Å². The summed E-state index contributed by atoms with van der Waals surface area (Å²) in [5, 5.41) is 17.2. The number of aliphatic hydroxyl groups excluding tert-OH is 1. The highest BCUT2D eigenvalue weighted by atomic mass is 16.3. The second kappa shape index (κ2) is 5.36. The van der Waals surface area contributed by atoms with Crippen LogP contribution in [0.3, 0.4) is 0 Å². The maximum atomic E-state index is 9.00. The lowest BCUT2D eigenvalue weighted by Crippen LogP contribution is -2.23. The van der Waals surface area contributed by atoms with E-state index in [1.54, 1.807) is 0 Å². The van der Waals surface area contributed by atoms with E-state index in [9.17, 15) is 0 Å². The number of aryl methyl sites for hydroxylation is 1. The van der Waals surface area contributed by atoms with E-state index in [-0.39, 0.29) is 6.61 Å². The molecular weight excluding hydrogens is 238 g/mol. The number of aromatic nitrogens is 2. The van der Waals surface area contributed by atoms with Crippen LogP contribution in [0.4, 0.5) is 5.82 Å². The van der Waals surface area contributed by atoms with Crippen LogP contribution in [0.25, 0.3) is 0 Å². The Morgan fingerprint density at radius 2 is 1.89 bits per heavy atom. The Labute approximate surface area is 112 Å². The Balaban J connectivity index is 1.85. The summed E-state index contributed by atoms with van der Waals surface area (Å²) in [6.07, 6.45) is 2.25. The van der Waals surface area contributed by atoms with Gasteiger partial charge in [0, 0.05) is 13.1 Å². The summed E-state index contributed by atoms with van der Waals surface area (Å²) >= 11 is 0. The van der Waals surface area contributed by atoms with Gasteiger partial charge in [-0.3, -0.25) is 0 Å². The van der Waals surface area contributed by atoms with Crippen molar-refractivity contribution in [2.24, 2.45) is 0 Å². The molecule has 98 valence electrons. The molecule has 0 amide bonds. The van der Waals surface area contributed by atoms with Gasteiger partial charge in [-0.2, -0.15) is 5.10 Å². The summed E-state index contributed by atoms with van der Waals surface area (Å²) in [6.45, 7) is 1.81. The van der Waals surface area contributed by atoms with Crippen LogP contribution in [0.5, 0.6) is 0 Å². The molecule has 0 bridgehead atoms. The zero-order valence-corrected chi connectivity index (χ0v) is 10.8. The maximum absolute atomic E-state index is 9.00. The molecule has 1 aliphatic rings. The number of hydrogen-bond donors (Lipinski definition) is 1. The number of nitrogens with zero attached hydrogens (tertiary/aromatic N) is 3. The van der Waals surface area contributed by atoms with Crippen LogP contribution in [-0.4, -0.2) is 21.8 Å². The monoisotopic (exact) mass is 255 g/mol. The van der Waals surface area contributed by atoms with Crippen molar-refractivity contribution in [1.82, 2.24) is 10.2 Å². The Bertz CT molecular complexity index is 554. The summed E-state index contributed by atoms with van der Waals surface area (Å²) in [4.78, 5) is 2.25. The van der Waals surface area contributed by atoms with Crippen LogP contribution >= 0.6 is 0 Å². The van der Waals surface area contributed by atoms with Gasteiger partial charge in [0.15, 0.2) is 5.82 Å². The van der Waals surface area contributed by atoms with Crippen molar-refractivity contribution in [3.8, 4) is 0 Å². The minimum atomic E-state index is -0.0594. The van der Waals surface area contributed by atoms with Gasteiger partial charge in [-0.15, -0.1) is 5.10 Å². The number of fused-ring (bicyclic) bond motifs is 1. The van der Waals surface area contributed by atoms with Crippen molar-refractivity contribution in [3.05, 3.63) is 53.2 Å². The third-order valence-electron chi connectivity index (χ3n) is 3.55. The molecule has 0 radical (unpaired) electrons. The minimum Gasteiger partial charge on any atom is -0.390 e. The molecule has 0 saturated heterocycles. The minimum absolute atomic E-state index is 0.0594. The quantitative estimate of drug-likeness (QED) is 0.890. The molecule has 0 spiro atoms. The molecule has 1 N–H and O–H groups in total. The van der Waals surface area contributed by atoms with Gasteiger partial charge >= 0.3 is 0 Å². The van der Waals surface area contributed by atoms with Gasteiger partial charge in [0.1, 0.15) is 0 Å². The summed E-state index contributed by atoms with van der Waals surface area (Å²) in [5.41, 5.74) is 3.41. The van der Waals surface area contributed by atoms with E-state index in [0.29, 0.717) is 5.69 Å². The van der Waals surface area contributed by atoms with E-state index < -0.39 is 0 Å². The molecule has 1 aromatic carbocycles. The highest BCUT2D eigenvalue weighted by molar-refractivity contribution is 5.41. The number of anilines is 1. The average Bonchev–Trinajstić information content (AvgIpc) is 2.69. The highest BCUT2D eigenvalue weighted by Crippen LogP contribution is 2.22. The number of hydrogen-bond acceptors (Lipinski definition) is 4. The number of aliphatic hydroxyl groups is 1. The van der Waals surface area contributed by atoms with Crippen LogP contribution in [0, 0.1) is 0 Å². The topological polar surface area (TPSA) is 49.2 Å². The van der Waals surface area contributed by atoms with Crippen molar-refractivity contribution in [1.29, 1.82) is 0 Å². The molecule has 2 heterocycles. The molecule has 4 heteroatoms. The van der Waals surface area contributed by atoms with Gasteiger partial charge in [0.2, 0.25) is 0 Å². The zero-order valence-electron chi connectivity index (χ0n) is 10.8. The first-order valence-electron chi connectivity index (χ1n) is 6.62. The van der Waals surface area contributed by atoms with Crippen molar-refractivity contribution in [2.45, 2.75) is 26.0 Å². The second-order valence-corrected chi connectivity index (χ2v) is 4.83. The standard InChI is InChI=1S/C15H17N3O/c19-11-14-7-8-15(17-16-14)18-9-3-6-12-4-1-2-5-13(12)10-18/h1-2,4-5,7-8,19H,3,6,9-11H2. The fourth-order valence-electron chi connectivity index (χ4n) is 2.50. The number of rotatable bonds is 2. The highest BCUT2D eigenvalue weighted by Gasteiger charge is 2.15. The Morgan fingerprint density at radius 1 is 1.05 bits per heavy atom. The molecule has 2 aromatic rings. The van der Waals surface area contributed by atoms with Crippen molar-refractivity contribution in [3.63, 3.8) is 0 Å². The smallest absolute Gasteiger partial charge is 0.151 e. The van der Waals surface area contributed by atoms with Crippen LogP contribution in [-0.2, 0) is 19.6 Å². The van der Waals surface area contributed by atoms with Gasteiger partial charge in [0.25, 0.3) is 0 Å². The molecule has 0 atom stereocenters.